The van der Waals surface area contributed by atoms with Crippen LogP contribution >= 0.6 is 0 Å². The van der Waals surface area contributed by atoms with Crippen molar-refractivity contribution in [3.63, 3.8) is 0 Å². The third-order valence-corrected chi connectivity index (χ3v) is 5.24. The van der Waals surface area contributed by atoms with Crippen molar-refractivity contribution in [2.24, 2.45) is 0 Å². The maximum Gasteiger partial charge on any atom is 0.345 e. The molecule has 1 aromatic heterocycles. The molecule has 0 bridgehead atoms. The number of aromatic nitrogens is 1. The predicted octanol–water partition coefficient (Wildman–Crippen LogP) is 4.81. The minimum atomic E-state index is -0.883. The molecule has 0 aliphatic heterocycles. The maximum absolute atomic E-state index is 12.6. The van der Waals surface area contributed by atoms with E-state index >= 15 is 0 Å². The highest BCUT2D eigenvalue weighted by Gasteiger charge is 2.20. The lowest BCUT2D eigenvalue weighted by Crippen LogP contribution is -2.21. The molecule has 3 aromatic carbocycles. The Morgan fingerprint density at radius 3 is 2.14 bits per heavy atom. The summed E-state index contributed by atoms with van der Waals surface area (Å²) < 4.78 is 26.0. The molecule has 1 atom stereocenters. The minimum absolute atomic E-state index is 0.247. The van der Waals surface area contributed by atoms with Crippen LogP contribution in [0.3, 0.4) is 0 Å². The molecule has 0 aliphatic carbocycles. The van der Waals surface area contributed by atoms with E-state index in [1.165, 1.54) is 20.3 Å². The molecular weight excluding hydrogens is 478 g/mol. The van der Waals surface area contributed by atoms with Crippen LogP contribution in [0.2, 0.25) is 0 Å². The third kappa shape index (κ3) is 6.02. The molecule has 0 saturated carbocycles. The number of nitrogens with zero attached hydrogens (tertiary/aromatic N) is 1. The summed E-state index contributed by atoms with van der Waals surface area (Å²) in [6.07, 6.45) is 0.460. The number of esters is 3. The van der Waals surface area contributed by atoms with E-state index in [4.69, 9.17) is 13.9 Å². The number of rotatable bonds is 8. The van der Waals surface area contributed by atoms with E-state index in [0.717, 1.165) is 11.1 Å². The summed E-state index contributed by atoms with van der Waals surface area (Å²) in [4.78, 5) is 40.6. The first-order valence-electron chi connectivity index (χ1n) is 11.2. The Morgan fingerprint density at radius 1 is 0.865 bits per heavy atom. The lowest BCUT2D eigenvalue weighted by molar-refractivity contribution is -0.143. The van der Waals surface area contributed by atoms with Crippen LogP contribution in [0.4, 0.5) is 0 Å². The Labute approximate surface area is 212 Å². The molecule has 0 aliphatic rings. The minimum Gasteiger partial charge on any atom is -0.465 e. The Bertz CT molecular complexity index is 1400. The van der Waals surface area contributed by atoms with Crippen molar-refractivity contribution >= 4 is 35.1 Å². The molecular formula is C28H23NO8. The monoisotopic (exact) mass is 501 g/mol. The van der Waals surface area contributed by atoms with Gasteiger partial charge in [-0.15, -0.1) is 0 Å². The molecule has 0 amide bonds. The third-order valence-electron chi connectivity index (χ3n) is 5.24. The van der Waals surface area contributed by atoms with Gasteiger partial charge in [0.25, 0.3) is 0 Å². The van der Waals surface area contributed by atoms with Crippen molar-refractivity contribution < 1.29 is 37.7 Å². The van der Waals surface area contributed by atoms with Crippen molar-refractivity contribution in [1.82, 2.24) is 4.98 Å². The van der Waals surface area contributed by atoms with Crippen molar-refractivity contribution in [2.75, 3.05) is 14.2 Å². The first-order valence-corrected chi connectivity index (χ1v) is 11.2. The van der Waals surface area contributed by atoms with Gasteiger partial charge in [-0.05, 0) is 60.2 Å². The average molecular weight is 501 g/mol. The topological polar surface area (TPSA) is 114 Å². The van der Waals surface area contributed by atoms with Gasteiger partial charge in [-0.2, -0.15) is 0 Å². The van der Waals surface area contributed by atoms with E-state index in [1.54, 1.807) is 55.5 Å². The van der Waals surface area contributed by atoms with Crippen LogP contribution in [0.5, 0.6) is 5.75 Å². The summed E-state index contributed by atoms with van der Waals surface area (Å²) >= 11 is 0. The van der Waals surface area contributed by atoms with Crippen molar-refractivity contribution in [2.45, 2.75) is 13.2 Å². The smallest absolute Gasteiger partial charge is 0.345 e. The van der Waals surface area contributed by atoms with E-state index in [-0.39, 0.29) is 5.57 Å². The Balaban J connectivity index is 1.37. The summed E-state index contributed by atoms with van der Waals surface area (Å²) in [5, 5.41) is 0. The van der Waals surface area contributed by atoms with Crippen molar-refractivity contribution in [1.29, 1.82) is 0 Å². The van der Waals surface area contributed by atoms with Gasteiger partial charge in [0.1, 0.15) is 16.8 Å². The molecule has 37 heavy (non-hydrogen) atoms. The Hall–Kier alpha value is -4.92. The molecule has 4 aromatic rings. The molecule has 9 nitrogen and oxygen atoms in total. The predicted molar refractivity (Wildman–Crippen MR) is 133 cm³/mol. The summed E-state index contributed by atoms with van der Waals surface area (Å²) in [5.74, 6) is -1.30. The van der Waals surface area contributed by atoms with Gasteiger partial charge in [0, 0.05) is 12.5 Å². The number of fused-ring (bicyclic) bond motifs is 1. The fraction of sp³-hybridized carbons (Fsp3) is 0.143. The number of benzene rings is 3. The second kappa shape index (κ2) is 11.2. The van der Waals surface area contributed by atoms with Gasteiger partial charge < -0.3 is 23.4 Å². The van der Waals surface area contributed by atoms with Crippen LogP contribution in [0.25, 0.3) is 28.6 Å². The van der Waals surface area contributed by atoms with Gasteiger partial charge >= 0.3 is 17.9 Å². The van der Waals surface area contributed by atoms with E-state index in [9.17, 15) is 14.4 Å². The molecule has 1 heterocycles. The van der Waals surface area contributed by atoms with Crippen LogP contribution in [-0.4, -0.2) is 43.4 Å². The second-order valence-electron chi connectivity index (χ2n) is 7.77. The lowest BCUT2D eigenvalue weighted by Gasteiger charge is -2.15. The second-order valence-corrected chi connectivity index (χ2v) is 7.77. The molecule has 188 valence electrons. The molecule has 1 unspecified atom stereocenters. The SMILES string of the molecule is COC(=O)C(=Cc1ccc(OC(C)OC(=O)c2ccc(-c3nc4ccccc4o3)cc2)cc1)C(=O)OC. The first-order chi connectivity index (χ1) is 17.9. The molecule has 0 N–H and O–H groups in total. The fourth-order valence-corrected chi connectivity index (χ4v) is 3.41. The number of oxazole rings is 1. The van der Waals surface area contributed by atoms with Crippen LogP contribution in [0.15, 0.2) is 82.8 Å². The van der Waals surface area contributed by atoms with Crippen LogP contribution < -0.4 is 4.74 Å². The quantitative estimate of drug-likeness (QED) is 0.0838. The van der Waals surface area contributed by atoms with Crippen LogP contribution in [0.1, 0.15) is 22.8 Å². The Morgan fingerprint density at radius 2 is 1.51 bits per heavy atom. The number of para-hydroxylation sites is 2. The van der Waals surface area contributed by atoms with E-state index < -0.39 is 24.2 Å². The molecule has 0 spiro atoms. The highest BCUT2D eigenvalue weighted by molar-refractivity contribution is 6.17. The zero-order valence-electron chi connectivity index (χ0n) is 20.3. The molecule has 0 fully saturated rings. The number of methoxy groups -OCH3 is 2. The average Bonchev–Trinajstić information content (AvgIpc) is 3.36. The summed E-state index contributed by atoms with van der Waals surface area (Å²) in [6, 6.07) is 20.6. The van der Waals surface area contributed by atoms with Crippen LogP contribution in [-0.2, 0) is 23.8 Å². The number of hydrogen-bond donors (Lipinski definition) is 0. The highest BCUT2D eigenvalue weighted by Crippen LogP contribution is 2.24. The fourth-order valence-electron chi connectivity index (χ4n) is 3.41. The van der Waals surface area contributed by atoms with Gasteiger partial charge in [-0.25, -0.2) is 19.4 Å². The number of ether oxygens (including phenoxy) is 4. The lowest BCUT2D eigenvalue weighted by atomic mass is 10.1. The molecule has 9 heteroatoms. The van der Waals surface area contributed by atoms with Crippen LogP contribution in [0, 0.1) is 0 Å². The van der Waals surface area contributed by atoms with Crippen molar-refractivity contribution in [3.8, 4) is 17.2 Å². The van der Waals surface area contributed by atoms with E-state index in [2.05, 4.69) is 14.5 Å². The summed E-state index contributed by atoms with van der Waals surface area (Å²) in [5.41, 5.74) is 2.80. The summed E-state index contributed by atoms with van der Waals surface area (Å²) in [6.45, 7) is 1.59. The highest BCUT2D eigenvalue weighted by atomic mass is 16.7. The maximum atomic E-state index is 12.6. The summed E-state index contributed by atoms with van der Waals surface area (Å²) in [7, 11) is 2.34. The van der Waals surface area contributed by atoms with Gasteiger partial charge in [0.05, 0.1) is 19.8 Å². The molecule has 0 radical (unpaired) electrons. The molecule has 0 saturated heterocycles. The van der Waals surface area contributed by atoms with E-state index in [1.807, 2.05) is 24.3 Å². The number of carbonyl (C=O) groups excluding carboxylic acids is 3. The first kappa shape index (κ1) is 25.2. The number of carbonyl (C=O) groups is 3. The normalized spacial score (nSPS) is 11.3. The largest absolute Gasteiger partial charge is 0.465 e. The van der Waals surface area contributed by atoms with Gasteiger partial charge in [0.2, 0.25) is 12.2 Å². The standard InChI is InChI=1S/C28H23NO8/c1-17(35-21-14-8-18(9-15-21)16-22(27(31)33-2)28(32)34-3)36-26(30)20-12-10-19(11-13-20)25-29-23-6-4-5-7-24(23)37-25/h4-17H,1-3H3. The number of hydrogen-bond acceptors (Lipinski definition) is 9. The zero-order valence-corrected chi connectivity index (χ0v) is 20.3. The van der Waals surface area contributed by atoms with E-state index in [0.29, 0.717) is 28.4 Å². The van der Waals surface area contributed by atoms with Gasteiger partial charge in [0.15, 0.2) is 5.58 Å². The van der Waals surface area contributed by atoms with Crippen molar-refractivity contribution in [3.05, 3.63) is 89.5 Å². The Kier molecular flexibility index (Phi) is 7.63. The van der Waals surface area contributed by atoms with Gasteiger partial charge in [-0.1, -0.05) is 24.3 Å². The molecule has 4 rings (SSSR count). The van der Waals surface area contributed by atoms with Gasteiger partial charge in [-0.3, -0.25) is 0 Å². The zero-order chi connectivity index (χ0) is 26.4.